The molecule has 0 aromatic rings. The standard InChI is InChI=1S/C12H26ClNO/c1-11(2,6-8-13)10-14-9-7-12(3,4)15-5/h14H,6-10H2,1-5H3. The van der Waals surface area contributed by atoms with Gasteiger partial charge in [0.2, 0.25) is 0 Å². The molecule has 92 valence electrons. The zero-order valence-electron chi connectivity index (χ0n) is 10.8. The predicted molar refractivity (Wildman–Crippen MR) is 67.7 cm³/mol. The summed E-state index contributed by atoms with van der Waals surface area (Å²) in [6, 6.07) is 0. The molecular weight excluding hydrogens is 210 g/mol. The van der Waals surface area contributed by atoms with Gasteiger partial charge in [-0.1, -0.05) is 13.8 Å². The van der Waals surface area contributed by atoms with Gasteiger partial charge in [-0.3, -0.25) is 0 Å². The van der Waals surface area contributed by atoms with Crippen LogP contribution < -0.4 is 5.32 Å². The average molecular weight is 236 g/mol. The Hall–Kier alpha value is 0.210. The quantitative estimate of drug-likeness (QED) is 0.516. The first-order valence-electron chi connectivity index (χ1n) is 5.65. The molecule has 1 N–H and O–H groups in total. The SMILES string of the molecule is COC(C)(C)CCNCC(C)(C)CCCl. The maximum Gasteiger partial charge on any atom is 0.0634 e. The number of halogens is 1. The topological polar surface area (TPSA) is 21.3 Å². The molecule has 0 aliphatic carbocycles. The summed E-state index contributed by atoms with van der Waals surface area (Å²) in [7, 11) is 1.76. The van der Waals surface area contributed by atoms with Gasteiger partial charge < -0.3 is 10.1 Å². The first-order chi connectivity index (χ1) is 6.83. The number of rotatable bonds is 8. The van der Waals surface area contributed by atoms with Crippen LogP contribution in [0.15, 0.2) is 0 Å². The van der Waals surface area contributed by atoms with Crippen LogP contribution in [0.25, 0.3) is 0 Å². The van der Waals surface area contributed by atoms with Crippen molar-refractivity contribution in [3.05, 3.63) is 0 Å². The fourth-order valence-electron chi connectivity index (χ4n) is 1.26. The maximum absolute atomic E-state index is 5.75. The van der Waals surface area contributed by atoms with Crippen molar-refractivity contribution in [2.24, 2.45) is 5.41 Å². The van der Waals surface area contributed by atoms with E-state index in [0.29, 0.717) is 5.41 Å². The third-order valence-corrected chi connectivity index (χ3v) is 3.02. The van der Waals surface area contributed by atoms with Gasteiger partial charge in [0, 0.05) is 19.5 Å². The number of ether oxygens (including phenoxy) is 1. The van der Waals surface area contributed by atoms with E-state index in [1.807, 2.05) is 0 Å². The monoisotopic (exact) mass is 235 g/mol. The van der Waals surface area contributed by atoms with E-state index in [4.69, 9.17) is 16.3 Å². The summed E-state index contributed by atoms with van der Waals surface area (Å²) < 4.78 is 5.36. The molecule has 0 aliphatic heterocycles. The van der Waals surface area contributed by atoms with E-state index in [2.05, 4.69) is 33.0 Å². The molecule has 0 saturated carbocycles. The van der Waals surface area contributed by atoms with Crippen molar-refractivity contribution in [3.63, 3.8) is 0 Å². The van der Waals surface area contributed by atoms with E-state index in [0.717, 1.165) is 31.8 Å². The Morgan fingerprint density at radius 2 is 1.73 bits per heavy atom. The molecule has 15 heavy (non-hydrogen) atoms. The fourth-order valence-corrected chi connectivity index (χ4v) is 1.77. The second-order valence-electron chi connectivity index (χ2n) is 5.49. The Bertz CT molecular complexity index is 169. The van der Waals surface area contributed by atoms with E-state index in [-0.39, 0.29) is 5.60 Å². The second kappa shape index (κ2) is 6.72. The lowest BCUT2D eigenvalue weighted by Gasteiger charge is -2.26. The van der Waals surface area contributed by atoms with Crippen molar-refractivity contribution in [1.82, 2.24) is 5.32 Å². The van der Waals surface area contributed by atoms with E-state index in [9.17, 15) is 0 Å². The van der Waals surface area contributed by atoms with Crippen LogP contribution in [0, 0.1) is 5.41 Å². The Morgan fingerprint density at radius 3 is 2.20 bits per heavy atom. The van der Waals surface area contributed by atoms with Gasteiger partial charge in [0.1, 0.15) is 0 Å². The summed E-state index contributed by atoms with van der Waals surface area (Å²) in [6.07, 6.45) is 2.08. The molecule has 2 nitrogen and oxygen atoms in total. The van der Waals surface area contributed by atoms with Gasteiger partial charge in [0.25, 0.3) is 0 Å². The molecule has 0 aromatic heterocycles. The second-order valence-corrected chi connectivity index (χ2v) is 5.87. The van der Waals surface area contributed by atoms with Crippen LogP contribution in [-0.2, 0) is 4.74 Å². The third kappa shape index (κ3) is 8.06. The number of hydrogen-bond donors (Lipinski definition) is 1. The van der Waals surface area contributed by atoms with Crippen LogP contribution >= 0.6 is 11.6 Å². The molecule has 0 atom stereocenters. The summed E-state index contributed by atoms with van der Waals surface area (Å²) in [4.78, 5) is 0. The lowest BCUT2D eigenvalue weighted by atomic mass is 9.90. The molecule has 0 heterocycles. The predicted octanol–water partition coefficient (Wildman–Crippen LogP) is 3.05. The van der Waals surface area contributed by atoms with Gasteiger partial charge in [0.05, 0.1) is 5.60 Å². The lowest BCUT2D eigenvalue weighted by molar-refractivity contribution is 0.0154. The highest BCUT2D eigenvalue weighted by atomic mass is 35.5. The first-order valence-corrected chi connectivity index (χ1v) is 6.18. The molecule has 0 rings (SSSR count). The molecule has 0 bridgehead atoms. The normalized spacial score (nSPS) is 13.2. The van der Waals surface area contributed by atoms with Crippen LogP contribution in [0.5, 0.6) is 0 Å². The van der Waals surface area contributed by atoms with Crippen LogP contribution in [0.4, 0.5) is 0 Å². The van der Waals surface area contributed by atoms with Crippen molar-refractivity contribution >= 4 is 11.6 Å². The Morgan fingerprint density at radius 1 is 1.13 bits per heavy atom. The van der Waals surface area contributed by atoms with Gasteiger partial charge in [-0.15, -0.1) is 11.6 Å². The van der Waals surface area contributed by atoms with E-state index >= 15 is 0 Å². The highest BCUT2D eigenvalue weighted by molar-refractivity contribution is 6.17. The highest BCUT2D eigenvalue weighted by Gasteiger charge is 2.18. The molecule has 0 unspecified atom stereocenters. The van der Waals surface area contributed by atoms with Crippen molar-refractivity contribution < 1.29 is 4.74 Å². The van der Waals surface area contributed by atoms with Gasteiger partial charge in [0.15, 0.2) is 0 Å². The third-order valence-electron chi connectivity index (χ3n) is 2.83. The summed E-state index contributed by atoms with van der Waals surface area (Å²) in [6.45, 7) is 10.7. The minimum absolute atomic E-state index is 0.0242. The van der Waals surface area contributed by atoms with Gasteiger partial charge in [-0.05, 0) is 38.6 Å². The largest absolute Gasteiger partial charge is 0.379 e. The zero-order valence-corrected chi connectivity index (χ0v) is 11.6. The number of alkyl halides is 1. The van der Waals surface area contributed by atoms with Crippen LogP contribution in [0.1, 0.15) is 40.5 Å². The average Bonchev–Trinajstić information content (AvgIpc) is 2.13. The van der Waals surface area contributed by atoms with Gasteiger partial charge >= 0.3 is 0 Å². The minimum atomic E-state index is -0.0242. The summed E-state index contributed by atoms with van der Waals surface area (Å²) in [5, 5.41) is 3.46. The molecule has 0 saturated heterocycles. The van der Waals surface area contributed by atoms with E-state index in [1.165, 1.54) is 0 Å². The lowest BCUT2D eigenvalue weighted by Crippen LogP contribution is -2.34. The summed E-state index contributed by atoms with van der Waals surface area (Å²) >= 11 is 5.75. The number of methoxy groups -OCH3 is 1. The Kier molecular flexibility index (Phi) is 6.81. The number of nitrogens with one attached hydrogen (secondary N) is 1. The Labute approximate surface area is 99.7 Å². The molecule has 3 heteroatoms. The Balaban J connectivity index is 3.62. The van der Waals surface area contributed by atoms with Gasteiger partial charge in [-0.2, -0.15) is 0 Å². The van der Waals surface area contributed by atoms with Crippen molar-refractivity contribution in [2.75, 3.05) is 26.1 Å². The van der Waals surface area contributed by atoms with E-state index in [1.54, 1.807) is 7.11 Å². The van der Waals surface area contributed by atoms with Gasteiger partial charge in [-0.25, -0.2) is 0 Å². The van der Waals surface area contributed by atoms with Crippen LogP contribution in [0.3, 0.4) is 0 Å². The zero-order chi connectivity index (χ0) is 11.9. The van der Waals surface area contributed by atoms with Crippen molar-refractivity contribution in [2.45, 2.75) is 46.1 Å². The molecule has 0 fully saturated rings. The smallest absolute Gasteiger partial charge is 0.0634 e. The molecule has 0 spiro atoms. The molecule has 0 aliphatic rings. The fraction of sp³-hybridized carbons (Fsp3) is 1.00. The maximum atomic E-state index is 5.75. The number of hydrogen-bond acceptors (Lipinski definition) is 2. The summed E-state index contributed by atoms with van der Waals surface area (Å²) in [5.74, 6) is 0.734. The highest BCUT2D eigenvalue weighted by Crippen LogP contribution is 2.19. The van der Waals surface area contributed by atoms with Crippen molar-refractivity contribution in [1.29, 1.82) is 0 Å². The molecule has 0 aromatic carbocycles. The van der Waals surface area contributed by atoms with Crippen molar-refractivity contribution in [3.8, 4) is 0 Å². The van der Waals surface area contributed by atoms with Crippen LogP contribution in [0.2, 0.25) is 0 Å². The van der Waals surface area contributed by atoms with E-state index < -0.39 is 0 Å². The minimum Gasteiger partial charge on any atom is -0.379 e. The molecule has 0 amide bonds. The van der Waals surface area contributed by atoms with Crippen LogP contribution in [-0.4, -0.2) is 31.7 Å². The first kappa shape index (κ1) is 15.2. The molecular formula is C12H26ClNO. The summed E-state index contributed by atoms with van der Waals surface area (Å²) in [5.41, 5.74) is 0.266. The molecule has 0 radical (unpaired) electrons.